The quantitative estimate of drug-likeness (QED) is 0.707. The van der Waals surface area contributed by atoms with Gasteiger partial charge in [-0.25, -0.2) is 9.37 Å². The van der Waals surface area contributed by atoms with Crippen LogP contribution in [0.2, 0.25) is 0 Å². The van der Waals surface area contributed by atoms with Crippen LogP contribution in [0.25, 0.3) is 10.2 Å². The third-order valence-electron chi connectivity index (χ3n) is 3.88. The lowest BCUT2D eigenvalue weighted by molar-refractivity contribution is 0.625. The van der Waals surface area contributed by atoms with Gasteiger partial charge in [0.1, 0.15) is 16.5 Å². The van der Waals surface area contributed by atoms with Gasteiger partial charge in [-0.2, -0.15) is 0 Å². The summed E-state index contributed by atoms with van der Waals surface area (Å²) in [6.45, 7) is 5.19. The van der Waals surface area contributed by atoms with E-state index in [1.807, 2.05) is 13.8 Å². The fraction of sp³-hybridized carbons (Fsp3) is 0.294. The SMILES string of the molecule is Cc1sc2nc(CNCCc3ccc(F)cc3)[nH]c(=O)c2c1C. The van der Waals surface area contributed by atoms with Gasteiger partial charge in [-0.1, -0.05) is 12.1 Å². The molecule has 0 radical (unpaired) electrons. The Morgan fingerprint density at radius 1 is 1.26 bits per heavy atom. The number of nitrogens with zero attached hydrogens (tertiary/aromatic N) is 1. The molecule has 120 valence electrons. The van der Waals surface area contributed by atoms with Crippen molar-refractivity contribution in [1.29, 1.82) is 0 Å². The second-order valence-corrected chi connectivity index (χ2v) is 6.73. The molecule has 0 saturated heterocycles. The summed E-state index contributed by atoms with van der Waals surface area (Å²) in [4.78, 5) is 21.4. The molecule has 0 aliphatic rings. The number of aromatic amines is 1. The maximum Gasteiger partial charge on any atom is 0.259 e. The van der Waals surface area contributed by atoms with Crippen LogP contribution in [-0.4, -0.2) is 16.5 Å². The summed E-state index contributed by atoms with van der Waals surface area (Å²) in [7, 11) is 0. The molecule has 4 nitrogen and oxygen atoms in total. The van der Waals surface area contributed by atoms with Crippen LogP contribution in [0.5, 0.6) is 0 Å². The lowest BCUT2D eigenvalue weighted by atomic mass is 10.1. The van der Waals surface area contributed by atoms with Crippen molar-refractivity contribution in [2.45, 2.75) is 26.8 Å². The van der Waals surface area contributed by atoms with E-state index in [0.717, 1.165) is 33.8 Å². The number of rotatable bonds is 5. The highest BCUT2D eigenvalue weighted by Crippen LogP contribution is 2.25. The van der Waals surface area contributed by atoms with Gasteiger partial charge in [0.15, 0.2) is 0 Å². The lowest BCUT2D eigenvalue weighted by Crippen LogP contribution is -2.21. The van der Waals surface area contributed by atoms with E-state index >= 15 is 0 Å². The van der Waals surface area contributed by atoms with Crippen molar-refractivity contribution in [3.05, 3.63) is 62.3 Å². The lowest BCUT2D eigenvalue weighted by Gasteiger charge is -2.05. The molecule has 0 amide bonds. The average molecular weight is 331 g/mol. The smallest absolute Gasteiger partial charge is 0.259 e. The molecule has 0 aliphatic heterocycles. The summed E-state index contributed by atoms with van der Waals surface area (Å²) in [5.74, 6) is 0.418. The van der Waals surface area contributed by atoms with Crippen LogP contribution < -0.4 is 10.9 Å². The standard InChI is InChI=1S/C17H18FN3OS/c1-10-11(2)23-17-15(10)16(22)20-14(21-17)9-19-8-7-12-3-5-13(18)6-4-12/h3-6,19H,7-9H2,1-2H3,(H,20,21,22). The van der Waals surface area contributed by atoms with E-state index < -0.39 is 0 Å². The number of fused-ring (bicyclic) bond motifs is 1. The second kappa shape index (κ2) is 6.60. The molecule has 0 aliphatic carbocycles. The molecule has 0 saturated carbocycles. The Labute approximate surface area is 137 Å². The van der Waals surface area contributed by atoms with Crippen molar-refractivity contribution >= 4 is 21.6 Å². The van der Waals surface area contributed by atoms with Gasteiger partial charge in [0.25, 0.3) is 5.56 Å². The van der Waals surface area contributed by atoms with Crippen LogP contribution in [0.1, 0.15) is 21.8 Å². The van der Waals surface area contributed by atoms with Crippen molar-refractivity contribution in [2.24, 2.45) is 0 Å². The van der Waals surface area contributed by atoms with E-state index in [0.29, 0.717) is 17.8 Å². The largest absolute Gasteiger partial charge is 0.310 e. The highest BCUT2D eigenvalue weighted by atomic mass is 32.1. The molecule has 6 heteroatoms. The number of hydrogen-bond donors (Lipinski definition) is 2. The minimum absolute atomic E-state index is 0.0767. The van der Waals surface area contributed by atoms with Crippen molar-refractivity contribution in [3.63, 3.8) is 0 Å². The third kappa shape index (κ3) is 3.48. The molecular formula is C17H18FN3OS. The summed E-state index contributed by atoms with van der Waals surface area (Å²) in [5, 5.41) is 3.95. The first kappa shape index (κ1) is 15.8. The first-order chi connectivity index (χ1) is 11.0. The zero-order valence-corrected chi connectivity index (χ0v) is 13.9. The van der Waals surface area contributed by atoms with Crippen LogP contribution in [0.3, 0.4) is 0 Å². The third-order valence-corrected chi connectivity index (χ3v) is 4.99. The van der Waals surface area contributed by atoms with Crippen molar-refractivity contribution in [1.82, 2.24) is 15.3 Å². The molecule has 0 spiro atoms. The van der Waals surface area contributed by atoms with Gasteiger partial charge >= 0.3 is 0 Å². The molecule has 2 N–H and O–H groups in total. The minimum atomic E-state index is -0.224. The van der Waals surface area contributed by atoms with Gasteiger partial charge in [-0.15, -0.1) is 11.3 Å². The number of nitrogens with one attached hydrogen (secondary N) is 2. The van der Waals surface area contributed by atoms with Crippen molar-refractivity contribution in [2.75, 3.05) is 6.54 Å². The Hall–Kier alpha value is -2.05. The summed E-state index contributed by atoms with van der Waals surface area (Å²) < 4.78 is 12.8. The van der Waals surface area contributed by atoms with E-state index in [-0.39, 0.29) is 11.4 Å². The van der Waals surface area contributed by atoms with Crippen molar-refractivity contribution in [3.8, 4) is 0 Å². The van der Waals surface area contributed by atoms with Crippen LogP contribution in [0, 0.1) is 19.7 Å². The van der Waals surface area contributed by atoms with Gasteiger partial charge < -0.3 is 10.3 Å². The highest BCUT2D eigenvalue weighted by Gasteiger charge is 2.11. The van der Waals surface area contributed by atoms with E-state index in [4.69, 9.17) is 0 Å². The Balaban J connectivity index is 1.63. The van der Waals surface area contributed by atoms with E-state index in [1.54, 1.807) is 23.5 Å². The molecule has 0 fully saturated rings. The summed E-state index contributed by atoms with van der Waals surface area (Å²) in [5.41, 5.74) is 2.00. The number of benzene rings is 1. The molecule has 3 aromatic rings. The Kier molecular flexibility index (Phi) is 4.54. The van der Waals surface area contributed by atoms with Crippen LogP contribution in [-0.2, 0) is 13.0 Å². The molecule has 0 atom stereocenters. The summed E-state index contributed by atoms with van der Waals surface area (Å²) >= 11 is 1.55. The Morgan fingerprint density at radius 3 is 2.74 bits per heavy atom. The molecule has 2 aromatic heterocycles. The fourth-order valence-electron chi connectivity index (χ4n) is 2.47. The molecule has 23 heavy (non-hydrogen) atoms. The van der Waals surface area contributed by atoms with Gasteiger partial charge in [0.2, 0.25) is 0 Å². The molecule has 1 aromatic carbocycles. The van der Waals surface area contributed by atoms with Gasteiger partial charge in [0, 0.05) is 4.88 Å². The fourth-order valence-corrected chi connectivity index (χ4v) is 3.52. The predicted molar refractivity (Wildman–Crippen MR) is 91.5 cm³/mol. The highest BCUT2D eigenvalue weighted by molar-refractivity contribution is 7.18. The molecule has 0 bridgehead atoms. The number of aromatic nitrogens is 2. The van der Waals surface area contributed by atoms with Crippen molar-refractivity contribution < 1.29 is 4.39 Å². The number of hydrogen-bond acceptors (Lipinski definition) is 4. The number of aryl methyl sites for hydroxylation is 2. The summed E-state index contributed by atoms with van der Waals surface area (Å²) in [6, 6.07) is 6.48. The van der Waals surface area contributed by atoms with Crippen LogP contribution >= 0.6 is 11.3 Å². The van der Waals surface area contributed by atoms with Gasteiger partial charge in [-0.05, 0) is 50.1 Å². The predicted octanol–water partition coefficient (Wildman–Crippen LogP) is 3.07. The number of halogens is 1. The molecular weight excluding hydrogens is 313 g/mol. The van der Waals surface area contributed by atoms with E-state index in [9.17, 15) is 9.18 Å². The maximum atomic E-state index is 12.8. The van der Waals surface area contributed by atoms with Crippen LogP contribution in [0.15, 0.2) is 29.1 Å². The van der Waals surface area contributed by atoms with Gasteiger partial charge in [-0.3, -0.25) is 4.79 Å². The number of H-pyrrole nitrogens is 1. The normalized spacial score (nSPS) is 11.3. The van der Waals surface area contributed by atoms with Gasteiger partial charge in [0.05, 0.1) is 11.9 Å². The molecule has 0 unspecified atom stereocenters. The minimum Gasteiger partial charge on any atom is -0.310 e. The Bertz CT molecular complexity index is 883. The Morgan fingerprint density at radius 2 is 2.00 bits per heavy atom. The zero-order chi connectivity index (χ0) is 16.4. The topological polar surface area (TPSA) is 57.8 Å². The van der Waals surface area contributed by atoms with Crippen LogP contribution in [0.4, 0.5) is 4.39 Å². The first-order valence-electron chi connectivity index (χ1n) is 7.48. The first-order valence-corrected chi connectivity index (χ1v) is 8.30. The maximum absolute atomic E-state index is 12.8. The second-order valence-electron chi connectivity index (χ2n) is 5.53. The summed E-state index contributed by atoms with van der Waals surface area (Å²) in [6.07, 6.45) is 0.796. The molecule has 2 heterocycles. The monoisotopic (exact) mass is 331 g/mol. The van der Waals surface area contributed by atoms with E-state index in [1.165, 1.54) is 12.1 Å². The van der Waals surface area contributed by atoms with E-state index in [2.05, 4.69) is 15.3 Å². The number of thiophene rings is 1. The molecule has 3 rings (SSSR count). The zero-order valence-electron chi connectivity index (χ0n) is 13.1. The average Bonchev–Trinajstić information content (AvgIpc) is 2.80.